The molecule has 0 spiro atoms. The SMILES string of the molecule is CC(=C1[C@H]2C=C[C@H]1[C@H]1C(=O)N(c3ccccc3Cl)C(=O)[C@H]12)c1ccccc1. The summed E-state index contributed by atoms with van der Waals surface area (Å²) < 4.78 is 0. The third kappa shape index (κ3) is 2.21. The molecule has 1 heterocycles. The van der Waals surface area contributed by atoms with E-state index in [1.807, 2.05) is 18.2 Å². The van der Waals surface area contributed by atoms with Gasteiger partial charge in [0.2, 0.25) is 11.8 Å². The quantitative estimate of drug-likeness (QED) is 0.562. The summed E-state index contributed by atoms with van der Waals surface area (Å²) in [5, 5.41) is 0.427. The number of carbonyl (C=O) groups is 2. The minimum absolute atomic E-state index is 0.0101. The molecule has 2 fully saturated rings. The molecule has 0 aromatic heterocycles. The Balaban J connectivity index is 1.58. The highest BCUT2D eigenvalue weighted by molar-refractivity contribution is 6.36. The van der Waals surface area contributed by atoms with E-state index >= 15 is 0 Å². The predicted octanol–water partition coefficient (Wildman–Crippen LogP) is 4.74. The number of rotatable bonds is 2. The van der Waals surface area contributed by atoms with Crippen molar-refractivity contribution in [3.05, 3.63) is 82.9 Å². The standard InChI is InChI=1S/C23H18ClNO2/c1-13(14-7-3-2-4-8-14)19-15-11-12-16(19)21-20(15)22(26)25(23(21)27)18-10-6-5-9-17(18)24/h2-12,15-16,20-21H,1H3/t15-,16-,20-,21+/m1/s1. The normalized spacial score (nSPS) is 30.2. The molecule has 0 radical (unpaired) electrons. The molecule has 27 heavy (non-hydrogen) atoms. The first-order valence-corrected chi connectivity index (χ1v) is 9.54. The molecule has 2 aromatic carbocycles. The second-order valence-electron chi connectivity index (χ2n) is 7.40. The minimum Gasteiger partial charge on any atom is -0.274 e. The van der Waals surface area contributed by atoms with Crippen molar-refractivity contribution >= 4 is 34.7 Å². The van der Waals surface area contributed by atoms with Crippen molar-refractivity contribution in [1.29, 1.82) is 0 Å². The Labute approximate surface area is 162 Å². The number of nitrogens with zero attached hydrogens (tertiary/aromatic N) is 1. The minimum atomic E-state index is -0.322. The maximum absolute atomic E-state index is 13.2. The Morgan fingerprint density at radius 3 is 2.00 bits per heavy atom. The zero-order valence-electron chi connectivity index (χ0n) is 14.8. The fraction of sp³-hybridized carbons (Fsp3) is 0.217. The van der Waals surface area contributed by atoms with Crippen molar-refractivity contribution in [1.82, 2.24) is 0 Å². The summed E-state index contributed by atoms with van der Waals surface area (Å²) in [7, 11) is 0. The molecule has 5 rings (SSSR count). The van der Waals surface area contributed by atoms with Gasteiger partial charge in [-0.2, -0.15) is 0 Å². The van der Waals surface area contributed by atoms with E-state index in [9.17, 15) is 9.59 Å². The van der Waals surface area contributed by atoms with Gasteiger partial charge in [-0.1, -0.05) is 71.8 Å². The number of anilines is 1. The highest BCUT2D eigenvalue weighted by atomic mass is 35.5. The van der Waals surface area contributed by atoms with Crippen molar-refractivity contribution < 1.29 is 9.59 Å². The van der Waals surface area contributed by atoms with E-state index in [4.69, 9.17) is 11.6 Å². The first-order valence-electron chi connectivity index (χ1n) is 9.16. The van der Waals surface area contributed by atoms with Gasteiger partial charge in [0.1, 0.15) is 0 Å². The fourth-order valence-corrected chi connectivity index (χ4v) is 5.21. The van der Waals surface area contributed by atoms with Crippen molar-refractivity contribution in [3.63, 3.8) is 0 Å². The number of benzene rings is 2. The van der Waals surface area contributed by atoms with Gasteiger partial charge in [0.15, 0.2) is 0 Å². The molecule has 1 saturated heterocycles. The van der Waals surface area contributed by atoms with E-state index in [1.165, 1.54) is 16.0 Å². The summed E-state index contributed by atoms with van der Waals surface area (Å²) in [5.74, 6) is -0.926. The van der Waals surface area contributed by atoms with Crippen molar-refractivity contribution in [2.45, 2.75) is 6.92 Å². The van der Waals surface area contributed by atoms with Crippen LogP contribution in [0.15, 0.2) is 72.3 Å². The van der Waals surface area contributed by atoms with Crippen LogP contribution in [0.4, 0.5) is 5.69 Å². The highest BCUT2D eigenvalue weighted by Crippen LogP contribution is 2.58. The van der Waals surface area contributed by atoms with Gasteiger partial charge in [-0.25, -0.2) is 4.90 Å². The number of carbonyl (C=O) groups excluding carboxylic acids is 2. The lowest BCUT2D eigenvalue weighted by atomic mass is 9.85. The van der Waals surface area contributed by atoms with Gasteiger partial charge in [-0.05, 0) is 30.2 Å². The first kappa shape index (κ1) is 16.5. The number of fused-ring (bicyclic) bond motifs is 5. The molecule has 4 atom stereocenters. The molecule has 0 N–H and O–H groups in total. The van der Waals surface area contributed by atoms with E-state index < -0.39 is 0 Å². The summed E-state index contributed by atoms with van der Waals surface area (Å²) in [6.45, 7) is 2.10. The van der Waals surface area contributed by atoms with Crippen LogP contribution in [0, 0.1) is 23.7 Å². The summed E-state index contributed by atoms with van der Waals surface area (Å²) in [4.78, 5) is 27.8. The molecule has 3 nitrogen and oxygen atoms in total. The van der Waals surface area contributed by atoms with Crippen LogP contribution in [0.2, 0.25) is 5.02 Å². The topological polar surface area (TPSA) is 37.4 Å². The van der Waals surface area contributed by atoms with Crippen LogP contribution in [0.3, 0.4) is 0 Å². The Kier molecular flexibility index (Phi) is 3.63. The number of para-hydroxylation sites is 1. The van der Waals surface area contributed by atoms with Crippen molar-refractivity contribution in [2.75, 3.05) is 4.90 Å². The van der Waals surface area contributed by atoms with Gasteiger partial charge >= 0.3 is 0 Å². The third-order valence-electron chi connectivity index (χ3n) is 6.15. The first-order chi connectivity index (χ1) is 13.1. The Morgan fingerprint density at radius 1 is 0.852 bits per heavy atom. The second kappa shape index (κ2) is 5.93. The fourth-order valence-electron chi connectivity index (χ4n) is 4.99. The molecule has 0 unspecified atom stereocenters. The maximum atomic E-state index is 13.2. The zero-order chi connectivity index (χ0) is 18.7. The average Bonchev–Trinajstić information content (AvgIpc) is 3.33. The van der Waals surface area contributed by atoms with Crippen LogP contribution >= 0.6 is 11.6 Å². The Morgan fingerprint density at radius 2 is 1.41 bits per heavy atom. The van der Waals surface area contributed by atoms with Crippen LogP contribution in [-0.4, -0.2) is 11.8 Å². The lowest BCUT2D eigenvalue weighted by Crippen LogP contribution is -2.33. The summed E-state index contributed by atoms with van der Waals surface area (Å²) in [6, 6.07) is 17.2. The molecule has 2 aromatic rings. The zero-order valence-corrected chi connectivity index (χ0v) is 15.6. The molecule has 1 saturated carbocycles. The van der Waals surface area contributed by atoms with Crippen LogP contribution in [0.1, 0.15) is 12.5 Å². The smallest absolute Gasteiger partial charge is 0.238 e. The van der Waals surface area contributed by atoms with Gasteiger partial charge in [-0.15, -0.1) is 0 Å². The third-order valence-corrected chi connectivity index (χ3v) is 6.47. The summed E-state index contributed by atoms with van der Waals surface area (Å²) in [5.41, 5.74) is 4.04. The average molecular weight is 376 g/mol. The van der Waals surface area contributed by atoms with Gasteiger partial charge in [0, 0.05) is 11.8 Å². The number of hydrogen-bond donors (Lipinski definition) is 0. The molecule has 1 aliphatic heterocycles. The molecule has 134 valence electrons. The Bertz CT molecular complexity index is 990. The van der Waals surface area contributed by atoms with E-state index in [0.29, 0.717) is 10.7 Å². The van der Waals surface area contributed by atoms with Crippen molar-refractivity contribution in [3.8, 4) is 0 Å². The molecule has 2 amide bonds. The van der Waals surface area contributed by atoms with Crippen LogP contribution < -0.4 is 4.90 Å². The van der Waals surface area contributed by atoms with Gasteiger partial charge in [-0.3, -0.25) is 9.59 Å². The molecular weight excluding hydrogens is 358 g/mol. The van der Waals surface area contributed by atoms with Gasteiger partial charge in [0.25, 0.3) is 0 Å². The molecular formula is C23H18ClNO2. The maximum Gasteiger partial charge on any atom is 0.238 e. The molecule has 2 aliphatic carbocycles. The second-order valence-corrected chi connectivity index (χ2v) is 7.80. The van der Waals surface area contributed by atoms with E-state index in [-0.39, 0.29) is 35.5 Å². The predicted molar refractivity (Wildman–Crippen MR) is 106 cm³/mol. The van der Waals surface area contributed by atoms with Crippen molar-refractivity contribution in [2.24, 2.45) is 23.7 Å². The highest BCUT2D eigenvalue weighted by Gasteiger charge is 2.62. The summed E-state index contributed by atoms with van der Waals surface area (Å²) >= 11 is 6.27. The summed E-state index contributed by atoms with van der Waals surface area (Å²) in [6.07, 6.45) is 4.21. The number of allylic oxidation sites excluding steroid dienone is 4. The number of imide groups is 1. The molecule has 4 heteroatoms. The van der Waals surface area contributed by atoms with E-state index in [1.54, 1.807) is 24.3 Å². The van der Waals surface area contributed by atoms with Gasteiger partial charge in [0.05, 0.1) is 22.5 Å². The largest absolute Gasteiger partial charge is 0.274 e. The van der Waals surface area contributed by atoms with Crippen LogP contribution in [0.25, 0.3) is 5.57 Å². The van der Waals surface area contributed by atoms with Gasteiger partial charge < -0.3 is 0 Å². The van der Waals surface area contributed by atoms with Crippen LogP contribution in [0.5, 0.6) is 0 Å². The Hall–Kier alpha value is -2.65. The number of halogens is 1. The lowest BCUT2D eigenvalue weighted by molar-refractivity contribution is -0.122. The lowest BCUT2D eigenvalue weighted by Gasteiger charge is -2.20. The van der Waals surface area contributed by atoms with E-state index in [2.05, 4.69) is 31.2 Å². The molecule has 2 bridgehead atoms. The number of amides is 2. The monoisotopic (exact) mass is 375 g/mol. The van der Waals surface area contributed by atoms with Crippen LogP contribution in [-0.2, 0) is 9.59 Å². The molecule has 3 aliphatic rings. The van der Waals surface area contributed by atoms with E-state index in [0.717, 1.165) is 5.56 Å². The number of hydrogen-bond acceptors (Lipinski definition) is 2.